The van der Waals surface area contributed by atoms with Crippen molar-refractivity contribution in [3.8, 4) is 6.07 Å². The first-order valence-electron chi connectivity index (χ1n) is 6.48. The number of fused-ring (bicyclic) bond motifs is 1. The zero-order chi connectivity index (χ0) is 13.2. The number of aromatic nitrogens is 1. The molecule has 1 aliphatic carbocycles. The van der Waals surface area contributed by atoms with Gasteiger partial charge in [-0.1, -0.05) is 28.1 Å². The fourth-order valence-electron chi connectivity index (χ4n) is 2.40. The van der Waals surface area contributed by atoms with Gasteiger partial charge < -0.3 is 4.90 Å². The third-order valence-electron chi connectivity index (χ3n) is 3.46. The maximum Gasteiger partial charge on any atom is 0.136 e. The van der Waals surface area contributed by atoms with Crippen LogP contribution in [-0.2, 0) is 0 Å². The van der Waals surface area contributed by atoms with Gasteiger partial charge in [0, 0.05) is 34.0 Å². The highest BCUT2D eigenvalue weighted by Crippen LogP contribution is 2.36. The number of hydrogen-bond acceptors (Lipinski definition) is 3. The molecular formula is C15H14BrN3. The molecule has 0 spiro atoms. The van der Waals surface area contributed by atoms with Crippen LogP contribution in [0.2, 0.25) is 0 Å². The van der Waals surface area contributed by atoms with Gasteiger partial charge in [-0.25, -0.2) is 4.98 Å². The SMILES string of the molecule is N#CCCN(c1nccc2c(Br)cccc12)C1CC1. The number of pyridine rings is 1. The summed E-state index contributed by atoms with van der Waals surface area (Å²) in [5.74, 6) is 1.01. The van der Waals surface area contributed by atoms with Gasteiger partial charge in [-0.15, -0.1) is 0 Å². The first-order valence-corrected chi connectivity index (χ1v) is 7.27. The number of benzene rings is 1. The third-order valence-corrected chi connectivity index (χ3v) is 4.15. The standard InChI is InChI=1S/C15H14BrN3/c16-14-4-1-3-13-12(14)7-9-18-15(13)19(10-2-8-17)11-5-6-11/h1,3-4,7,9,11H,2,5-6,10H2. The fraction of sp³-hybridized carbons (Fsp3) is 0.333. The molecule has 0 unspecified atom stereocenters. The predicted molar refractivity (Wildman–Crippen MR) is 80.0 cm³/mol. The van der Waals surface area contributed by atoms with Gasteiger partial charge in [0.1, 0.15) is 5.82 Å². The topological polar surface area (TPSA) is 39.9 Å². The summed E-state index contributed by atoms with van der Waals surface area (Å²) in [6, 6.07) is 11.0. The molecule has 0 amide bonds. The minimum atomic E-state index is 0.544. The van der Waals surface area contributed by atoms with Gasteiger partial charge in [0.05, 0.1) is 12.5 Å². The van der Waals surface area contributed by atoms with Gasteiger partial charge in [0.2, 0.25) is 0 Å². The molecule has 0 radical (unpaired) electrons. The molecule has 19 heavy (non-hydrogen) atoms. The van der Waals surface area contributed by atoms with Crippen LogP contribution >= 0.6 is 15.9 Å². The predicted octanol–water partition coefficient (Wildman–Crippen LogP) is 3.88. The Morgan fingerprint density at radius 3 is 2.89 bits per heavy atom. The molecule has 1 aromatic carbocycles. The van der Waals surface area contributed by atoms with Crippen LogP contribution < -0.4 is 4.90 Å². The Labute approximate surface area is 121 Å². The Morgan fingerprint density at radius 2 is 2.16 bits per heavy atom. The van der Waals surface area contributed by atoms with E-state index >= 15 is 0 Å². The van der Waals surface area contributed by atoms with Gasteiger partial charge in [-0.05, 0) is 25.0 Å². The Bertz CT molecular complexity index is 643. The number of hydrogen-bond donors (Lipinski definition) is 0. The second-order valence-corrected chi connectivity index (χ2v) is 5.66. The number of rotatable bonds is 4. The van der Waals surface area contributed by atoms with Crippen molar-refractivity contribution in [3.63, 3.8) is 0 Å². The first kappa shape index (κ1) is 12.4. The molecule has 1 saturated carbocycles. The quantitative estimate of drug-likeness (QED) is 0.859. The molecule has 96 valence electrons. The molecule has 1 aliphatic rings. The van der Waals surface area contributed by atoms with Crippen molar-refractivity contribution in [1.29, 1.82) is 5.26 Å². The van der Waals surface area contributed by atoms with E-state index < -0.39 is 0 Å². The second kappa shape index (κ2) is 5.18. The number of anilines is 1. The Morgan fingerprint density at radius 1 is 1.32 bits per heavy atom. The molecule has 1 fully saturated rings. The van der Waals surface area contributed by atoms with Crippen LogP contribution in [0.5, 0.6) is 0 Å². The van der Waals surface area contributed by atoms with Crippen molar-refractivity contribution in [2.45, 2.75) is 25.3 Å². The Kier molecular flexibility index (Phi) is 3.39. The molecule has 2 aromatic rings. The molecule has 4 heteroatoms. The van der Waals surface area contributed by atoms with Crippen LogP contribution in [0, 0.1) is 11.3 Å². The lowest BCUT2D eigenvalue weighted by Crippen LogP contribution is -2.27. The molecule has 3 nitrogen and oxygen atoms in total. The largest absolute Gasteiger partial charge is 0.352 e. The zero-order valence-corrected chi connectivity index (χ0v) is 12.1. The lowest BCUT2D eigenvalue weighted by atomic mass is 10.1. The molecule has 0 atom stereocenters. The summed E-state index contributed by atoms with van der Waals surface area (Å²) in [5.41, 5.74) is 0. The van der Waals surface area contributed by atoms with E-state index in [2.05, 4.69) is 37.9 Å². The van der Waals surface area contributed by atoms with Gasteiger partial charge >= 0.3 is 0 Å². The average Bonchev–Trinajstić information content (AvgIpc) is 3.25. The van der Waals surface area contributed by atoms with Crippen LogP contribution in [0.15, 0.2) is 34.9 Å². The van der Waals surface area contributed by atoms with Crippen LogP contribution in [0.1, 0.15) is 19.3 Å². The molecule has 1 heterocycles. The number of halogens is 1. The Balaban J connectivity index is 2.07. The maximum atomic E-state index is 8.82. The lowest BCUT2D eigenvalue weighted by molar-refractivity contribution is 0.782. The van der Waals surface area contributed by atoms with E-state index in [-0.39, 0.29) is 0 Å². The monoisotopic (exact) mass is 315 g/mol. The fourth-order valence-corrected chi connectivity index (χ4v) is 2.90. The van der Waals surface area contributed by atoms with Gasteiger partial charge in [0.15, 0.2) is 0 Å². The van der Waals surface area contributed by atoms with Crippen molar-refractivity contribution in [3.05, 3.63) is 34.9 Å². The van der Waals surface area contributed by atoms with E-state index in [4.69, 9.17) is 5.26 Å². The van der Waals surface area contributed by atoms with E-state index in [0.717, 1.165) is 22.2 Å². The van der Waals surface area contributed by atoms with E-state index in [1.54, 1.807) is 0 Å². The third kappa shape index (κ3) is 2.43. The normalized spacial score (nSPS) is 14.3. The summed E-state index contributed by atoms with van der Waals surface area (Å²) < 4.78 is 1.09. The molecule has 1 aromatic heterocycles. The highest BCUT2D eigenvalue weighted by molar-refractivity contribution is 9.10. The van der Waals surface area contributed by atoms with Crippen molar-refractivity contribution in [1.82, 2.24) is 4.98 Å². The summed E-state index contributed by atoms with van der Waals surface area (Å²) in [5, 5.41) is 11.1. The Hall–Kier alpha value is -1.60. The maximum absolute atomic E-state index is 8.82. The van der Waals surface area contributed by atoms with Crippen molar-refractivity contribution < 1.29 is 0 Å². The van der Waals surface area contributed by atoms with Crippen LogP contribution in [-0.4, -0.2) is 17.6 Å². The van der Waals surface area contributed by atoms with Crippen LogP contribution in [0.25, 0.3) is 10.8 Å². The highest BCUT2D eigenvalue weighted by atomic mass is 79.9. The average molecular weight is 316 g/mol. The van der Waals surface area contributed by atoms with Gasteiger partial charge in [-0.2, -0.15) is 5.26 Å². The van der Waals surface area contributed by atoms with Crippen molar-refractivity contribution >= 4 is 32.5 Å². The zero-order valence-electron chi connectivity index (χ0n) is 10.5. The first-order chi connectivity index (χ1) is 9.31. The summed E-state index contributed by atoms with van der Waals surface area (Å²) >= 11 is 3.59. The summed E-state index contributed by atoms with van der Waals surface area (Å²) in [6.45, 7) is 0.764. The minimum Gasteiger partial charge on any atom is -0.352 e. The molecule has 0 N–H and O–H groups in total. The highest BCUT2D eigenvalue weighted by Gasteiger charge is 2.30. The second-order valence-electron chi connectivity index (χ2n) is 4.80. The van der Waals surface area contributed by atoms with E-state index in [1.807, 2.05) is 24.4 Å². The summed E-state index contributed by atoms with van der Waals surface area (Å²) in [6.07, 6.45) is 4.81. The van der Waals surface area contributed by atoms with Crippen LogP contribution in [0.4, 0.5) is 5.82 Å². The molecule has 3 rings (SSSR count). The lowest BCUT2D eigenvalue weighted by Gasteiger charge is -2.23. The van der Waals surface area contributed by atoms with Gasteiger partial charge in [-0.3, -0.25) is 0 Å². The smallest absolute Gasteiger partial charge is 0.136 e. The molecule has 0 aliphatic heterocycles. The van der Waals surface area contributed by atoms with E-state index in [0.29, 0.717) is 12.5 Å². The summed E-state index contributed by atoms with van der Waals surface area (Å²) in [4.78, 5) is 6.85. The van der Waals surface area contributed by atoms with E-state index in [1.165, 1.54) is 18.2 Å². The van der Waals surface area contributed by atoms with Crippen molar-refractivity contribution in [2.24, 2.45) is 0 Å². The molecule has 0 saturated heterocycles. The molecular weight excluding hydrogens is 302 g/mol. The van der Waals surface area contributed by atoms with Crippen LogP contribution in [0.3, 0.4) is 0 Å². The van der Waals surface area contributed by atoms with E-state index in [9.17, 15) is 0 Å². The van der Waals surface area contributed by atoms with Crippen molar-refractivity contribution in [2.75, 3.05) is 11.4 Å². The van der Waals surface area contributed by atoms with Gasteiger partial charge in [0.25, 0.3) is 0 Å². The minimum absolute atomic E-state index is 0.544. The number of nitrogens with zero attached hydrogens (tertiary/aromatic N) is 3. The number of nitriles is 1. The molecule has 0 bridgehead atoms. The summed E-state index contributed by atoms with van der Waals surface area (Å²) in [7, 11) is 0.